The fourth-order valence-electron chi connectivity index (χ4n) is 4.61. The molecule has 1 aromatic rings. The Morgan fingerprint density at radius 3 is 2.04 bits per heavy atom. The zero-order chi connectivity index (χ0) is 18.8. The van der Waals surface area contributed by atoms with Crippen molar-refractivity contribution in [3.63, 3.8) is 0 Å². The van der Waals surface area contributed by atoms with Crippen LogP contribution < -0.4 is 14.2 Å². The first kappa shape index (κ1) is 18.8. The number of aliphatic hydroxyl groups excluding tert-OH is 1. The molecule has 0 bridgehead atoms. The molecule has 2 aliphatic rings. The van der Waals surface area contributed by atoms with Gasteiger partial charge in [0.05, 0.1) is 33.9 Å². The van der Waals surface area contributed by atoms with E-state index in [-0.39, 0.29) is 18.1 Å². The zero-order valence-electron chi connectivity index (χ0n) is 16.0. The first-order valence-corrected chi connectivity index (χ1v) is 9.19. The highest BCUT2D eigenvalue weighted by atomic mass is 16.5. The van der Waals surface area contributed by atoms with Crippen molar-refractivity contribution in [3.05, 3.63) is 17.7 Å². The van der Waals surface area contributed by atoms with E-state index in [1.807, 2.05) is 24.1 Å². The van der Waals surface area contributed by atoms with Crippen molar-refractivity contribution in [3.8, 4) is 17.2 Å². The molecule has 0 saturated heterocycles. The van der Waals surface area contributed by atoms with Gasteiger partial charge in [0.15, 0.2) is 11.5 Å². The molecule has 0 radical (unpaired) electrons. The van der Waals surface area contributed by atoms with Gasteiger partial charge in [-0.25, -0.2) is 0 Å². The van der Waals surface area contributed by atoms with Gasteiger partial charge < -0.3 is 24.2 Å². The highest BCUT2D eigenvalue weighted by Crippen LogP contribution is 2.45. The van der Waals surface area contributed by atoms with E-state index in [4.69, 9.17) is 14.2 Å². The summed E-state index contributed by atoms with van der Waals surface area (Å²) in [7, 11) is 6.59. The van der Waals surface area contributed by atoms with E-state index in [1.165, 1.54) is 0 Å². The van der Waals surface area contributed by atoms with E-state index in [1.54, 1.807) is 21.3 Å². The lowest BCUT2D eigenvalue weighted by Gasteiger charge is -2.26. The number of carbonyl (C=O) groups is 1. The molecule has 1 amide bonds. The number of rotatable bonds is 6. The molecule has 4 atom stereocenters. The van der Waals surface area contributed by atoms with Crippen LogP contribution in [-0.2, 0) is 11.2 Å². The van der Waals surface area contributed by atoms with E-state index in [2.05, 4.69) is 0 Å². The van der Waals surface area contributed by atoms with E-state index < -0.39 is 0 Å². The standard InChI is InChI=1S/C20H29NO5/c1-21(15-8-13-10-16(22)11-14(13)9-15)19(23)7-12-5-17(24-2)20(26-4)18(6-12)25-3/h5-6,13-16,22H,7-11H2,1-4H3/t13-,14+,15?,16?. The summed E-state index contributed by atoms with van der Waals surface area (Å²) in [5.74, 6) is 2.85. The van der Waals surface area contributed by atoms with Crippen LogP contribution >= 0.6 is 0 Å². The molecule has 1 N–H and O–H groups in total. The van der Waals surface area contributed by atoms with Crippen molar-refractivity contribution in [2.24, 2.45) is 11.8 Å². The largest absolute Gasteiger partial charge is 0.493 e. The predicted molar refractivity (Wildman–Crippen MR) is 97.8 cm³/mol. The van der Waals surface area contributed by atoms with Crippen LogP contribution in [0.25, 0.3) is 0 Å². The molecule has 2 saturated carbocycles. The Morgan fingerprint density at radius 2 is 1.58 bits per heavy atom. The normalized spacial score (nSPS) is 27.1. The monoisotopic (exact) mass is 363 g/mol. The van der Waals surface area contributed by atoms with Crippen LogP contribution in [0, 0.1) is 11.8 Å². The summed E-state index contributed by atoms with van der Waals surface area (Å²) in [5.41, 5.74) is 0.838. The van der Waals surface area contributed by atoms with Crippen LogP contribution in [0.4, 0.5) is 0 Å². The molecule has 0 spiro atoms. The minimum atomic E-state index is -0.147. The first-order valence-electron chi connectivity index (χ1n) is 9.19. The fourth-order valence-corrected chi connectivity index (χ4v) is 4.61. The molecule has 0 aromatic heterocycles. The highest BCUT2D eigenvalue weighted by Gasteiger charge is 2.43. The van der Waals surface area contributed by atoms with Gasteiger partial charge in [0.25, 0.3) is 0 Å². The Bertz CT molecular complexity index is 623. The lowest BCUT2D eigenvalue weighted by atomic mass is 10.0. The lowest BCUT2D eigenvalue weighted by Crippen LogP contribution is -2.37. The molecular formula is C20H29NO5. The number of hydrogen-bond acceptors (Lipinski definition) is 5. The Kier molecular flexibility index (Phi) is 5.61. The maximum Gasteiger partial charge on any atom is 0.226 e. The van der Waals surface area contributed by atoms with Crippen LogP contribution in [0.1, 0.15) is 31.2 Å². The maximum absolute atomic E-state index is 12.8. The number of likely N-dealkylation sites (N-methyl/N-ethyl adjacent to an activating group) is 1. The summed E-state index contributed by atoms with van der Waals surface area (Å²) >= 11 is 0. The molecule has 6 nitrogen and oxygen atoms in total. The van der Waals surface area contributed by atoms with Gasteiger partial charge in [-0.15, -0.1) is 0 Å². The van der Waals surface area contributed by atoms with Gasteiger partial charge in [-0.3, -0.25) is 4.79 Å². The van der Waals surface area contributed by atoms with E-state index in [0.29, 0.717) is 35.5 Å². The Hall–Kier alpha value is -1.95. The third kappa shape index (κ3) is 3.61. The number of ether oxygens (including phenoxy) is 3. The fraction of sp³-hybridized carbons (Fsp3) is 0.650. The number of amides is 1. The summed E-state index contributed by atoms with van der Waals surface area (Å²) in [6.45, 7) is 0. The van der Waals surface area contributed by atoms with Crippen molar-refractivity contribution < 1.29 is 24.1 Å². The highest BCUT2D eigenvalue weighted by molar-refractivity contribution is 5.79. The molecule has 2 unspecified atom stereocenters. The van der Waals surface area contributed by atoms with Crippen molar-refractivity contribution in [2.45, 2.75) is 44.2 Å². The van der Waals surface area contributed by atoms with Gasteiger partial charge in [-0.05, 0) is 55.2 Å². The molecule has 6 heteroatoms. The van der Waals surface area contributed by atoms with Gasteiger partial charge in [-0.1, -0.05) is 0 Å². The van der Waals surface area contributed by atoms with Crippen LogP contribution in [0.2, 0.25) is 0 Å². The molecule has 0 aliphatic heterocycles. The Morgan fingerprint density at radius 1 is 1.04 bits per heavy atom. The molecule has 0 heterocycles. The Labute approximate surface area is 155 Å². The van der Waals surface area contributed by atoms with Gasteiger partial charge in [0.1, 0.15) is 0 Å². The van der Waals surface area contributed by atoms with E-state index >= 15 is 0 Å². The zero-order valence-corrected chi connectivity index (χ0v) is 16.0. The SMILES string of the molecule is COc1cc(CC(=O)N(C)C2C[C@H]3CC(O)C[C@H]3C2)cc(OC)c1OC. The number of aliphatic hydroxyl groups is 1. The summed E-state index contributed by atoms with van der Waals surface area (Å²) in [6.07, 6.45) is 3.91. The van der Waals surface area contributed by atoms with Crippen LogP contribution in [0.3, 0.4) is 0 Å². The van der Waals surface area contributed by atoms with Crippen LogP contribution in [0.15, 0.2) is 12.1 Å². The smallest absolute Gasteiger partial charge is 0.226 e. The van der Waals surface area contributed by atoms with E-state index in [0.717, 1.165) is 31.2 Å². The number of benzene rings is 1. The number of hydrogen-bond donors (Lipinski definition) is 1. The molecule has 2 fully saturated rings. The first-order chi connectivity index (χ1) is 12.5. The second kappa shape index (κ2) is 7.74. The summed E-state index contributed by atoms with van der Waals surface area (Å²) in [5, 5.41) is 9.79. The number of fused-ring (bicyclic) bond motifs is 1. The van der Waals surface area contributed by atoms with Gasteiger partial charge in [0, 0.05) is 13.1 Å². The number of carbonyl (C=O) groups excluding carboxylic acids is 1. The third-order valence-electron chi connectivity index (χ3n) is 5.99. The number of methoxy groups -OCH3 is 3. The summed E-state index contributed by atoms with van der Waals surface area (Å²) in [4.78, 5) is 14.7. The Balaban J connectivity index is 1.68. The van der Waals surface area contributed by atoms with Gasteiger partial charge in [0.2, 0.25) is 11.7 Å². The molecule has 1 aromatic carbocycles. The van der Waals surface area contributed by atoms with Gasteiger partial charge >= 0.3 is 0 Å². The second-order valence-corrected chi connectivity index (χ2v) is 7.49. The van der Waals surface area contributed by atoms with Gasteiger partial charge in [-0.2, -0.15) is 0 Å². The van der Waals surface area contributed by atoms with Crippen LogP contribution in [-0.4, -0.2) is 56.4 Å². The van der Waals surface area contributed by atoms with Crippen LogP contribution in [0.5, 0.6) is 17.2 Å². The predicted octanol–water partition coefficient (Wildman–Crippen LogP) is 2.26. The summed E-state index contributed by atoms with van der Waals surface area (Å²) in [6, 6.07) is 3.92. The average molecular weight is 363 g/mol. The molecule has 2 aliphatic carbocycles. The topological polar surface area (TPSA) is 68.2 Å². The quantitative estimate of drug-likeness (QED) is 0.840. The third-order valence-corrected chi connectivity index (χ3v) is 5.99. The minimum Gasteiger partial charge on any atom is -0.493 e. The number of nitrogens with zero attached hydrogens (tertiary/aromatic N) is 1. The maximum atomic E-state index is 12.8. The minimum absolute atomic E-state index is 0.0878. The van der Waals surface area contributed by atoms with E-state index in [9.17, 15) is 9.90 Å². The average Bonchev–Trinajstić information content (AvgIpc) is 3.17. The van der Waals surface area contributed by atoms with Crippen molar-refractivity contribution in [2.75, 3.05) is 28.4 Å². The van der Waals surface area contributed by atoms with Crippen molar-refractivity contribution in [1.82, 2.24) is 4.90 Å². The van der Waals surface area contributed by atoms with Crippen molar-refractivity contribution >= 4 is 5.91 Å². The summed E-state index contributed by atoms with van der Waals surface area (Å²) < 4.78 is 16.1. The second-order valence-electron chi connectivity index (χ2n) is 7.49. The lowest BCUT2D eigenvalue weighted by molar-refractivity contribution is -0.131. The molecule has 26 heavy (non-hydrogen) atoms. The molecule has 3 rings (SSSR count). The molecular weight excluding hydrogens is 334 g/mol. The molecule has 144 valence electrons. The van der Waals surface area contributed by atoms with Crippen molar-refractivity contribution in [1.29, 1.82) is 0 Å².